The van der Waals surface area contributed by atoms with Crippen LogP contribution < -0.4 is 9.64 Å². The maximum absolute atomic E-state index is 12.2. The second kappa shape index (κ2) is 11.1. The first-order valence-corrected chi connectivity index (χ1v) is 11.7. The molecule has 34 heavy (non-hydrogen) atoms. The predicted octanol–water partition coefficient (Wildman–Crippen LogP) is 3.95. The van der Waals surface area contributed by atoms with Crippen LogP contribution in [0.3, 0.4) is 0 Å². The number of hydrogen-bond acceptors (Lipinski definition) is 6. The van der Waals surface area contributed by atoms with Crippen molar-refractivity contribution in [3.8, 4) is 17.1 Å². The maximum Gasteiger partial charge on any atom is 0.222 e. The standard InChI is InChI=1S/C27H32N4O3/c1-4-25(32)30-13-15-31(16-14-30)27-23(18-20-9-8-12-22(17-20)34-3)24(19-33-2)28-26(29-27)21-10-6-5-7-11-21/h5-12,17H,4,13-16,18-19H2,1-3H3. The van der Waals surface area contributed by atoms with E-state index in [9.17, 15) is 4.79 Å². The molecule has 3 aromatic rings. The van der Waals surface area contributed by atoms with Crippen LogP contribution in [0.4, 0.5) is 5.82 Å². The molecule has 1 amide bonds. The van der Waals surface area contributed by atoms with E-state index in [4.69, 9.17) is 19.4 Å². The first-order chi connectivity index (χ1) is 16.6. The Morgan fingerprint density at radius 3 is 2.41 bits per heavy atom. The van der Waals surface area contributed by atoms with Gasteiger partial charge in [0.05, 0.1) is 19.4 Å². The molecule has 4 rings (SSSR count). The number of methoxy groups -OCH3 is 2. The van der Waals surface area contributed by atoms with Crippen LogP contribution in [0.1, 0.15) is 30.2 Å². The summed E-state index contributed by atoms with van der Waals surface area (Å²) in [5, 5.41) is 0. The van der Waals surface area contributed by atoms with Gasteiger partial charge < -0.3 is 19.3 Å². The third-order valence-corrected chi connectivity index (χ3v) is 6.13. The van der Waals surface area contributed by atoms with Gasteiger partial charge in [0.1, 0.15) is 11.6 Å². The summed E-state index contributed by atoms with van der Waals surface area (Å²) in [5.41, 5.74) is 4.01. The lowest BCUT2D eigenvalue weighted by Gasteiger charge is -2.36. The Kier molecular flexibility index (Phi) is 7.75. The number of nitrogens with zero attached hydrogens (tertiary/aromatic N) is 4. The molecule has 0 unspecified atom stereocenters. The summed E-state index contributed by atoms with van der Waals surface area (Å²) in [5.74, 6) is 2.61. The number of hydrogen-bond donors (Lipinski definition) is 0. The second-order valence-electron chi connectivity index (χ2n) is 8.34. The summed E-state index contributed by atoms with van der Waals surface area (Å²) in [6.07, 6.45) is 1.19. The first kappa shape index (κ1) is 23.7. The van der Waals surface area contributed by atoms with Crippen molar-refractivity contribution in [2.75, 3.05) is 45.3 Å². The van der Waals surface area contributed by atoms with Crippen molar-refractivity contribution in [3.05, 3.63) is 71.4 Å². The fraction of sp³-hybridized carbons (Fsp3) is 0.370. The van der Waals surface area contributed by atoms with Crippen molar-refractivity contribution in [1.29, 1.82) is 0 Å². The van der Waals surface area contributed by atoms with Gasteiger partial charge in [0, 0.05) is 57.3 Å². The molecule has 0 saturated carbocycles. The van der Waals surface area contributed by atoms with Gasteiger partial charge in [-0.15, -0.1) is 0 Å². The molecule has 7 nitrogen and oxygen atoms in total. The third-order valence-electron chi connectivity index (χ3n) is 6.13. The molecule has 0 atom stereocenters. The van der Waals surface area contributed by atoms with Crippen molar-refractivity contribution in [1.82, 2.24) is 14.9 Å². The summed E-state index contributed by atoms with van der Waals surface area (Å²) in [6.45, 7) is 5.14. The Morgan fingerprint density at radius 2 is 1.74 bits per heavy atom. The molecule has 178 valence electrons. The highest BCUT2D eigenvalue weighted by molar-refractivity contribution is 5.76. The molecule has 1 aliphatic heterocycles. The number of carbonyl (C=O) groups excluding carboxylic acids is 1. The SMILES string of the molecule is CCC(=O)N1CCN(c2nc(-c3ccccc3)nc(COC)c2Cc2cccc(OC)c2)CC1. The molecule has 7 heteroatoms. The molecule has 1 saturated heterocycles. The highest BCUT2D eigenvalue weighted by Gasteiger charge is 2.25. The van der Waals surface area contributed by atoms with Crippen LogP contribution in [0.25, 0.3) is 11.4 Å². The summed E-state index contributed by atoms with van der Waals surface area (Å²) < 4.78 is 11.0. The molecule has 0 spiro atoms. The van der Waals surface area contributed by atoms with Crippen LogP contribution in [0.5, 0.6) is 5.75 Å². The van der Waals surface area contributed by atoms with Gasteiger partial charge in [0.25, 0.3) is 0 Å². The zero-order valence-electron chi connectivity index (χ0n) is 20.2. The minimum absolute atomic E-state index is 0.198. The van der Waals surface area contributed by atoms with Gasteiger partial charge in [-0.25, -0.2) is 9.97 Å². The number of rotatable bonds is 8. The second-order valence-corrected chi connectivity index (χ2v) is 8.34. The van der Waals surface area contributed by atoms with Crippen LogP contribution in [0.15, 0.2) is 54.6 Å². The van der Waals surface area contributed by atoms with Crippen LogP contribution in [-0.2, 0) is 22.6 Å². The van der Waals surface area contributed by atoms with E-state index in [1.54, 1.807) is 14.2 Å². The molecular formula is C27H32N4O3. The van der Waals surface area contributed by atoms with E-state index in [0.717, 1.165) is 47.0 Å². The van der Waals surface area contributed by atoms with E-state index >= 15 is 0 Å². The largest absolute Gasteiger partial charge is 0.497 e. The Labute approximate surface area is 201 Å². The highest BCUT2D eigenvalue weighted by atomic mass is 16.5. The number of benzene rings is 2. The lowest BCUT2D eigenvalue weighted by atomic mass is 10.0. The quantitative estimate of drug-likeness (QED) is 0.507. The smallest absolute Gasteiger partial charge is 0.222 e. The van der Waals surface area contributed by atoms with Crippen molar-refractivity contribution in [2.24, 2.45) is 0 Å². The van der Waals surface area contributed by atoms with E-state index < -0.39 is 0 Å². The highest BCUT2D eigenvalue weighted by Crippen LogP contribution is 2.30. The van der Waals surface area contributed by atoms with Crippen LogP contribution in [0, 0.1) is 0 Å². The fourth-order valence-corrected chi connectivity index (χ4v) is 4.31. The Hall–Kier alpha value is -3.45. The van der Waals surface area contributed by atoms with E-state index in [1.165, 1.54) is 0 Å². The molecule has 0 bridgehead atoms. The molecule has 1 fully saturated rings. The van der Waals surface area contributed by atoms with E-state index in [2.05, 4.69) is 11.0 Å². The van der Waals surface area contributed by atoms with Gasteiger partial charge in [-0.2, -0.15) is 0 Å². The van der Waals surface area contributed by atoms with Crippen molar-refractivity contribution in [2.45, 2.75) is 26.4 Å². The minimum atomic E-state index is 0.198. The third kappa shape index (κ3) is 5.37. The molecular weight excluding hydrogens is 428 g/mol. The lowest BCUT2D eigenvalue weighted by molar-refractivity contribution is -0.131. The van der Waals surface area contributed by atoms with E-state index in [0.29, 0.717) is 38.4 Å². The van der Waals surface area contributed by atoms with Crippen molar-refractivity contribution in [3.63, 3.8) is 0 Å². The van der Waals surface area contributed by atoms with Crippen LogP contribution in [0.2, 0.25) is 0 Å². The van der Waals surface area contributed by atoms with Crippen molar-refractivity contribution >= 4 is 11.7 Å². The van der Waals surface area contributed by atoms with E-state index in [1.807, 2.05) is 60.4 Å². The monoisotopic (exact) mass is 460 g/mol. The number of anilines is 1. The number of piperazine rings is 1. The van der Waals surface area contributed by atoms with Gasteiger partial charge in [-0.3, -0.25) is 4.79 Å². The molecule has 0 N–H and O–H groups in total. The van der Waals surface area contributed by atoms with Crippen LogP contribution >= 0.6 is 0 Å². The Morgan fingerprint density at radius 1 is 0.971 bits per heavy atom. The zero-order valence-corrected chi connectivity index (χ0v) is 20.2. The molecule has 0 radical (unpaired) electrons. The zero-order chi connectivity index (χ0) is 23.9. The van der Waals surface area contributed by atoms with Gasteiger partial charge in [0.2, 0.25) is 5.91 Å². The first-order valence-electron chi connectivity index (χ1n) is 11.7. The van der Waals surface area contributed by atoms with Gasteiger partial charge in [0.15, 0.2) is 5.82 Å². The predicted molar refractivity (Wildman–Crippen MR) is 133 cm³/mol. The number of carbonyl (C=O) groups is 1. The van der Waals surface area contributed by atoms with E-state index in [-0.39, 0.29) is 5.91 Å². The molecule has 0 aliphatic carbocycles. The lowest BCUT2D eigenvalue weighted by Crippen LogP contribution is -2.49. The molecule has 2 aromatic carbocycles. The molecule has 1 aliphatic rings. The van der Waals surface area contributed by atoms with Crippen molar-refractivity contribution < 1.29 is 14.3 Å². The summed E-state index contributed by atoms with van der Waals surface area (Å²) >= 11 is 0. The van der Waals surface area contributed by atoms with Gasteiger partial charge in [-0.05, 0) is 17.7 Å². The average molecular weight is 461 g/mol. The minimum Gasteiger partial charge on any atom is -0.497 e. The topological polar surface area (TPSA) is 67.8 Å². The number of amides is 1. The number of ether oxygens (including phenoxy) is 2. The molecule has 1 aromatic heterocycles. The normalized spacial score (nSPS) is 13.7. The Balaban J connectivity index is 1.76. The summed E-state index contributed by atoms with van der Waals surface area (Å²) in [6, 6.07) is 18.1. The number of aromatic nitrogens is 2. The van der Waals surface area contributed by atoms with Gasteiger partial charge >= 0.3 is 0 Å². The molecule has 2 heterocycles. The average Bonchev–Trinajstić information content (AvgIpc) is 2.90. The van der Waals surface area contributed by atoms with Crippen LogP contribution in [-0.4, -0.2) is 61.2 Å². The Bertz CT molecular complexity index is 1110. The summed E-state index contributed by atoms with van der Waals surface area (Å²) in [7, 11) is 3.37. The summed E-state index contributed by atoms with van der Waals surface area (Å²) in [4.78, 5) is 26.4. The maximum atomic E-state index is 12.2. The van der Waals surface area contributed by atoms with Gasteiger partial charge in [-0.1, -0.05) is 49.4 Å². The fourth-order valence-electron chi connectivity index (χ4n) is 4.31.